The van der Waals surface area contributed by atoms with Gasteiger partial charge in [-0.05, 0) is 13.8 Å². The van der Waals surface area contributed by atoms with Crippen molar-refractivity contribution in [2.24, 2.45) is 4.99 Å². The normalized spacial score (nSPS) is 16.0. The molecule has 0 saturated carbocycles. The van der Waals surface area contributed by atoms with Gasteiger partial charge in [-0.15, -0.1) is 24.0 Å². The highest BCUT2D eigenvalue weighted by Crippen LogP contribution is 2.00. The quantitative estimate of drug-likeness (QED) is 0.733. The number of nitrogens with zero attached hydrogens (tertiary/aromatic N) is 2. The Bertz CT molecular complexity index is 341. The van der Waals surface area contributed by atoms with Crippen LogP contribution in [0.15, 0.2) is 4.99 Å². The smallest absolute Gasteiger partial charge is 0.193 e. The molecule has 0 aromatic carbocycles. The Kier molecular flexibility index (Phi) is 6.61. The number of aliphatic imine (C=N–C) groups is 1. The SMILES string of the molecule is CC(C)S(=O)(=O)CCNC1=NCCN1C.I. The van der Waals surface area contributed by atoms with Crippen molar-refractivity contribution in [2.75, 3.05) is 32.4 Å². The van der Waals surface area contributed by atoms with Crippen LogP contribution < -0.4 is 5.32 Å². The first kappa shape index (κ1) is 16.0. The molecule has 1 rings (SSSR count). The van der Waals surface area contributed by atoms with E-state index >= 15 is 0 Å². The average Bonchev–Trinajstić information content (AvgIpc) is 2.51. The molecule has 0 bridgehead atoms. The fraction of sp³-hybridized carbons (Fsp3) is 0.889. The van der Waals surface area contributed by atoms with E-state index in [4.69, 9.17) is 0 Å². The Hall–Kier alpha value is -0.0500. The van der Waals surface area contributed by atoms with E-state index in [2.05, 4.69) is 10.3 Å². The summed E-state index contributed by atoms with van der Waals surface area (Å²) in [5, 5.41) is 2.74. The van der Waals surface area contributed by atoms with Crippen LogP contribution in [0.25, 0.3) is 0 Å². The first-order valence-electron chi connectivity index (χ1n) is 5.14. The molecule has 0 atom stereocenters. The molecule has 0 amide bonds. The number of hydrogen-bond donors (Lipinski definition) is 1. The van der Waals surface area contributed by atoms with Crippen LogP contribution in [-0.4, -0.2) is 57.0 Å². The van der Waals surface area contributed by atoms with E-state index in [1.54, 1.807) is 13.8 Å². The molecule has 1 aliphatic rings. The maximum Gasteiger partial charge on any atom is 0.193 e. The molecular weight excluding hydrogens is 341 g/mol. The lowest BCUT2D eigenvalue weighted by Gasteiger charge is -2.15. The van der Waals surface area contributed by atoms with Gasteiger partial charge in [0, 0.05) is 20.1 Å². The Morgan fingerprint density at radius 2 is 2.12 bits per heavy atom. The number of sulfone groups is 1. The summed E-state index contributed by atoms with van der Waals surface area (Å²) in [7, 11) is -1.00. The average molecular weight is 361 g/mol. The van der Waals surface area contributed by atoms with E-state index in [1.807, 2.05) is 11.9 Å². The molecule has 1 aliphatic heterocycles. The number of likely N-dealkylation sites (N-methyl/N-ethyl adjacent to an activating group) is 1. The maximum absolute atomic E-state index is 11.5. The van der Waals surface area contributed by atoms with Gasteiger partial charge in [-0.25, -0.2) is 8.42 Å². The van der Waals surface area contributed by atoms with Gasteiger partial charge in [0.1, 0.15) is 0 Å². The third kappa shape index (κ3) is 4.44. The van der Waals surface area contributed by atoms with Gasteiger partial charge >= 0.3 is 0 Å². The molecule has 0 aromatic rings. The lowest BCUT2D eigenvalue weighted by Crippen LogP contribution is -2.38. The first-order chi connectivity index (χ1) is 6.93. The fourth-order valence-electron chi connectivity index (χ4n) is 1.26. The van der Waals surface area contributed by atoms with Crippen molar-refractivity contribution in [1.29, 1.82) is 0 Å². The standard InChI is InChI=1S/C9H19N3O2S.HI/c1-8(2)15(13,14)7-5-11-9-10-4-6-12(9)3;/h8H,4-7H2,1-3H3,(H,10,11);1H. The van der Waals surface area contributed by atoms with Crippen molar-refractivity contribution in [3.63, 3.8) is 0 Å². The summed E-state index contributed by atoms with van der Waals surface area (Å²) in [6, 6.07) is 0. The van der Waals surface area contributed by atoms with Crippen LogP contribution in [0.3, 0.4) is 0 Å². The van der Waals surface area contributed by atoms with Crippen LogP contribution in [-0.2, 0) is 9.84 Å². The summed E-state index contributed by atoms with van der Waals surface area (Å²) in [5.41, 5.74) is 0. The zero-order valence-corrected chi connectivity index (χ0v) is 13.1. The molecule has 1 heterocycles. The molecular formula is C9H20IN3O2S. The zero-order valence-electron chi connectivity index (χ0n) is 9.93. The predicted molar refractivity (Wildman–Crippen MR) is 77.3 cm³/mol. The number of halogens is 1. The molecule has 16 heavy (non-hydrogen) atoms. The van der Waals surface area contributed by atoms with Crippen LogP contribution in [0.4, 0.5) is 0 Å². The molecule has 0 aromatic heterocycles. The summed E-state index contributed by atoms with van der Waals surface area (Å²) >= 11 is 0. The lowest BCUT2D eigenvalue weighted by molar-refractivity contribution is 0.535. The third-order valence-electron chi connectivity index (χ3n) is 2.45. The van der Waals surface area contributed by atoms with E-state index in [0.29, 0.717) is 6.54 Å². The summed E-state index contributed by atoms with van der Waals surface area (Å²) in [6.07, 6.45) is 0. The van der Waals surface area contributed by atoms with Crippen molar-refractivity contribution in [3.05, 3.63) is 0 Å². The Morgan fingerprint density at radius 1 is 1.50 bits per heavy atom. The molecule has 0 aliphatic carbocycles. The summed E-state index contributed by atoms with van der Waals surface area (Å²) in [5.74, 6) is 0.964. The molecule has 0 radical (unpaired) electrons. The van der Waals surface area contributed by atoms with Gasteiger partial charge in [0.05, 0.1) is 17.5 Å². The van der Waals surface area contributed by atoms with Gasteiger partial charge < -0.3 is 10.2 Å². The number of rotatable bonds is 4. The second kappa shape index (κ2) is 6.63. The minimum Gasteiger partial charge on any atom is -0.355 e. The Labute approximate surface area is 115 Å². The topological polar surface area (TPSA) is 61.8 Å². The Morgan fingerprint density at radius 3 is 2.56 bits per heavy atom. The Balaban J connectivity index is 0.00000225. The van der Waals surface area contributed by atoms with Crippen molar-refractivity contribution in [2.45, 2.75) is 19.1 Å². The van der Waals surface area contributed by atoms with Crippen molar-refractivity contribution in [1.82, 2.24) is 10.2 Å². The third-order valence-corrected chi connectivity index (χ3v) is 4.66. The van der Waals surface area contributed by atoms with Crippen LogP contribution in [0.2, 0.25) is 0 Å². The van der Waals surface area contributed by atoms with E-state index < -0.39 is 9.84 Å². The number of guanidine groups is 1. The van der Waals surface area contributed by atoms with Gasteiger partial charge in [0.2, 0.25) is 0 Å². The summed E-state index contributed by atoms with van der Waals surface area (Å²) in [6.45, 7) is 5.53. The lowest BCUT2D eigenvalue weighted by atomic mass is 10.6. The van der Waals surface area contributed by atoms with Gasteiger partial charge in [-0.1, -0.05) is 0 Å². The largest absolute Gasteiger partial charge is 0.355 e. The van der Waals surface area contributed by atoms with Gasteiger partial charge in [-0.3, -0.25) is 4.99 Å². The number of nitrogens with one attached hydrogen (secondary N) is 1. The molecule has 96 valence electrons. The monoisotopic (exact) mass is 361 g/mol. The molecule has 1 N–H and O–H groups in total. The van der Waals surface area contributed by atoms with Gasteiger partial charge in [0.25, 0.3) is 0 Å². The van der Waals surface area contributed by atoms with E-state index in [0.717, 1.165) is 19.0 Å². The highest BCUT2D eigenvalue weighted by molar-refractivity contribution is 14.0. The minimum atomic E-state index is -2.94. The van der Waals surface area contributed by atoms with Crippen LogP contribution in [0.5, 0.6) is 0 Å². The second-order valence-electron chi connectivity index (χ2n) is 3.97. The molecule has 0 saturated heterocycles. The van der Waals surface area contributed by atoms with Crippen molar-refractivity contribution < 1.29 is 8.42 Å². The minimum absolute atomic E-state index is 0. The van der Waals surface area contributed by atoms with E-state index in [1.165, 1.54) is 0 Å². The molecule has 0 unspecified atom stereocenters. The first-order valence-corrected chi connectivity index (χ1v) is 6.86. The van der Waals surface area contributed by atoms with E-state index in [-0.39, 0.29) is 35.0 Å². The van der Waals surface area contributed by atoms with Crippen LogP contribution >= 0.6 is 24.0 Å². The van der Waals surface area contributed by atoms with Crippen LogP contribution in [0.1, 0.15) is 13.8 Å². The molecule has 0 fully saturated rings. The van der Waals surface area contributed by atoms with Crippen molar-refractivity contribution >= 4 is 39.8 Å². The number of hydrogen-bond acceptors (Lipinski definition) is 5. The molecule has 5 nitrogen and oxygen atoms in total. The highest BCUT2D eigenvalue weighted by Gasteiger charge is 2.17. The summed E-state index contributed by atoms with van der Waals surface area (Å²) in [4.78, 5) is 6.21. The zero-order chi connectivity index (χ0) is 11.5. The highest BCUT2D eigenvalue weighted by atomic mass is 127. The predicted octanol–water partition coefficient (Wildman–Crippen LogP) is 0.319. The van der Waals surface area contributed by atoms with Crippen molar-refractivity contribution in [3.8, 4) is 0 Å². The van der Waals surface area contributed by atoms with E-state index in [9.17, 15) is 8.42 Å². The fourth-order valence-corrected chi connectivity index (χ4v) is 2.12. The second-order valence-corrected chi connectivity index (χ2v) is 6.65. The summed E-state index contributed by atoms with van der Waals surface area (Å²) < 4.78 is 23.0. The van der Waals surface area contributed by atoms with Gasteiger partial charge in [-0.2, -0.15) is 0 Å². The van der Waals surface area contributed by atoms with Gasteiger partial charge in [0.15, 0.2) is 15.8 Å². The molecule has 7 heteroatoms. The molecule has 0 spiro atoms. The maximum atomic E-state index is 11.5. The van der Waals surface area contributed by atoms with Crippen LogP contribution in [0, 0.1) is 0 Å².